The average molecular weight is 259 g/mol. The second-order valence-electron chi connectivity index (χ2n) is 3.53. The number of nitrogens with one attached hydrogen (secondary N) is 1. The maximum absolute atomic E-state index is 13.2. The fourth-order valence-electron chi connectivity index (χ4n) is 1.29. The fourth-order valence-corrected chi connectivity index (χ4v) is 1.29. The summed E-state index contributed by atoms with van der Waals surface area (Å²) in [6.45, 7) is -0.785. The fraction of sp³-hybridized carbons (Fsp3) is 0.273. The first-order valence-electron chi connectivity index (χ1n) is 5.01. The lowest BCUT2D eigenvalue weighted by atomic mass is 10.1. The average Bonchev–Trinajstić information content (AvgIpc) is 2.31. The predicted molar refractivity (Wildman–Crippen MR) is 56.7 cm³/mol. The molecule has 0 aliphatic heterocycles. The van der Waals surface area contributed by atoms with Gasteiger partial charge in [-0.1, -0.05) is 12.1 Å². The molecule has 1 aromatic carbocycles. The number of benzene rings is 1. The second kappa shape index (κ2) is 6.06. The van der Waals surface area contributed by atoms with Crippen LogP contribution < -0.4 is 5.32 Å². The predicted octanol–water partition coefficient (Wildman–Crippen LogP) is 0.0690. The molecule has 0 bridgehead atoms. The first-order valence-corrected chi connectivity index (χ1v) is 5.01. The van der Waals surface area contributed by atoms with Crippen molar-refractivity contribution < 1.29 is 28.6 Å². The van der Waals surface area contributed by atoms with Gasteiger partial charge in [0, 0.05) is 5.56 Å². The van der Waals surface area contributed by atoms with E-state index in [0.29, 0.717) is 0 Å². The van der Waals surface area contributed by atoms with Crippen molar-refractivity contribution in [2.24, 2.45) is 0 Å². The Kier molecular flexibility index (Phi) is 4.73. The highest BCUT2D eigenvalue weighted by Gasteiger charge is 2.19. The van der Waals surface area contributed by atoms with Crippen LogP contribution in [0.25, 0.3) is 0 Å². The molecule has 0 spiro atoms. The number of aliphatic carboxylic acids is 1. The Morgan fingerprint density at radius 1 is 1.33 bits per heavy atom. The summed E-state index contributed by atoms with van der Waals surface area (Å²) in [7, 11) is 0. The number of hydrogen-bond acceptors (Lipinski definition) is 3. The molecule has 0 saturated heterocycles. The lowest BCUT2D eigenvalue weighted by molar-refractivity contribution is -0.142. The number of rotatable bonds is 5. The van der Waals surface area contributed by atoms with E-state index >= 15 is 0 Å². The molecule has 3 N–H and O–H groups in total. The third-order valence-corrected chi connectivity index (χ3v) is 2.20. The minimum atomic E-state index is -1.46. The molecular weight excluding hydrogens is 248 g/mol. The van der Waals surface area contributed by atoms with Crippen molar-refractivity contribution in [3.05, 3.63) is 35.4 Å². The van der Waals surface area contributed by atoms with Gasteiger partial charge in [0.15, 0.2) is 11.6 Å². The first kappa shape index (κ1) is 14.0. The number of carbonyl (C=O) groups excluding carboxylic acids is 1. The standard InChI is InChI=1S/C11H11F2NO4/c12-7-3-1-2-6(10(7)13)4-9(16)14-8(5-15)11(17)18/h1-3,8,15H,4-5H2,(H,14,16)(H,17,18)/t8-/m1/s1. The molecule has 1 rings (SSSR count). The van der Waals surface area contributed by atoms with Crippen LogP contribution in [-0.2, 0) is 16.0 Å². The second-order valence-corrected chi connectivity index (χ2v) is 3.53. The molecular formula is C11H11F2NO4. The van der Waals surface area contributed by atoms with Crippen LogP contribution in [0.1, 0.15) is 5.56 Å². The van der Waals surface area contributed by atoms with Gasteiger partial charge in [0.1, 0.15) is 6.04 Å². The maximum atomic E-state index is 13.2. The summed E-state index contributed by atoms with van der Waals surface area (Å²) in [6, 6.07) is 1.90. The van der Waals surface area contributed by atoms with E-state index in [0.717, 1.165) is 6.07 Å². The van der Waals surface area contributed by atoms with Crippen molar-refractivity contribution in [1.82, 2.24) is 5.32 Å². The zero-order valence-electron chi connectivity index (χ0n) is 9.19. The van der Waals surface area contributed by atoms with E-state index in [1.165, 1.54) is 12.1 Å². The number of hydrogen-bond donors (Lipinski definition) is 3. The summed E-state index contributed by atoms with van der Waals surface area (Å²) in [6.07, 6.45) is -0.507. The van der Waals surface area contributed by atoms with E-state index in [1.807, 2.05) is 5.32 Å². The highest BCUT2D eigenvalue weighted by molar-refractivity contribution is 5.84. The number of aliphatic hydroxyl groups is 1. The molecule has 0 fully saturated rings. The molecule has 1 atom stereocenters. The van der Waals surface area contributed by atoms with Gasteiger partial charge in [-0.2, -0.15) is 0 Å². The van der Waals surface area contributed by atoms with Gasteiger partial charge in [-0.15, -0.1) is 0 Å². The minimum Gasteiger partial charge on any atom is -0.480 e. The number of amides is 1. The quantitative estimate of drug-likeness (QED) is 0.698. The van der Waals surface area contributed by atoms with Crippen LogP contribution in [-0.4, -0.2) is 34.7 Å². The summed E-state index contributed by atoms with van der Waals surface area (Å²) < 4.78 is 26.1. The Labute approximate surface area is 101 Å². The summed E-state index contributed by atoms with van der Waals surface area (Å²) in [5, 5.41) is 19.2. The van der Waals surface area contributed by atoms with Crippen molar-refractivity contribution in [1.29, 1.82) is 0 Å². The van der Waals surface area contributed by atoms with E-state index in [-0.39, 0.29) is 5.56 Å². The summed E-state index contributed by atoms with van der Waals surface area (Å²) in [4.78, 5) is 21.9. The van der Waals surface area contributed by atoms with Gasteiger partial charge in [0.05, 0.1) is 13.0 Å². The van der Waals surface area contributed by atoms with E-state index in [4.69, 9.17) is 10.2 Å². The van der Waals surface area contributed by atoms with Crippen LogP contribution in [0.4, 0.5) is 8.78 Å². The lowest BCUT2D eigenvalue weighted by Gasteiger charge is -2.11. The highest BCUT2D eigenvalue weighted by Crippen LogP contribution is 2.11. The minimum absolute atomic E-state index is 0.186. The largest absolute Gasteiger partial charge is 0.480 e. The first-order chi connectivity index (χ1) is 8.45. The van der Waals surface area contributed by atoms with Gasteiger partial charge in [0.2, 0.25) is 5.91 Å². The Morgan fingerprint density at radius 2 is 2.00 bits per heavy atom. The van der Waals surface area contributed by atoms with E-state index in [1.54, 1.807) is 0 Å². The van der Waals surface area contributed by atoms with Crippen molar-refractivity contribution in [3.8, 4) is 0 Å². The van der Waals surface area contributed by atoms with Gasteiger partial charge >= 0.3 is 5.97 Å². The topological polar surface area (TPSA) is 86.6 Å². The Bertz CT molecular complexity index is 464. The third-order valence-electron chi connectivity index (χ3n) is 2.20. The zero-order chi connectivity index (χ0) is 13.7. The van der Waals surface area contributed by atoms with Gasteiger partial charge in [-0.05, 0) is 6.07 Å². The molecule has 0 radical (unpaired) electrons. The van der Waals surface area contributed by atoms with Crippen LogP contribution in [0, 0.1) is 11.6 Å². The van der Waals surface area contributed by atoms with Crippen LogP contribution in [0.5, 0.6) is 0 Å². The van der Waals surface area contributed by atoms with Crippen LogP contribution >= 0.6 is 0 Å². The van der Waals surface area contributed by atoms with Crippen LogP contribution in [0.2, 0.25) is 0 Å². The number of halogens is 2. The SMILES string of the molecule is O=C(Cc1cccc(F)c1F)N[C@H](CO)C(=O)O. The summed E-state index contributed by atoms with van der Waals surface area (Å²) >= 11 is 0. The number of carbonyl (C=O) groups is 2. The van der Waals surface area contributed by atoms with Gasteiger partial charge in [-0.3, -0.25) is 4.79 Å². The molecule has 0 aliphatic carbocycles. The van der Waals surface area contributed by atoms with E-state index < -0.39 is 42.6 Å². The molecule has 5 nitrogen and oxygen atoms in total. The molecule has 18 heavy (non-hydrogen) atoms. The van der Waals surface area contributed by atoms with Crippen molar-refractivity contribution in [2.45, 2.75) is 12.5 Å². The van der Waals surface area contributed by atoms with Crippen molar-refractivity contribution >= 4 is 11.9 Å². The molecule has 0 saturated carbocycles. The molecule has 0 aliphatic rings. The van der Waals surface area contributed by atoms with Gasteiger partial charge < -0.3 is 15.5 Å². The van der Waals surface area contributed by atoms with Crippen molar-refractivity contribution in [2.75, 3.05) is 6.61 Å². The molecule has 0 unspecified atom stereocenters. The van der Waals surface area contributed by atoms with Gasteiger partial charge in [-0.25, -0.2) is 13.6 Å². The lowest BCUT2D eigenvalue weighted by Crippen LogP contribution is -2.44. The molecule has 1 amide bonds. The molecule has 0 heterocycles. The van der Waals surface area contributed by atoms with Crippen molar-refractivity contribution in [3.63, 3.8) is 0 Å². The summed E-state index contributed by atoms with van der Waals surface area (Å²) in [5.41, 5.74) is -0.186. The monoisotopic (exact) mass is 259 g/mol. The van der Waals surface area contributed by atoms with Crippen LogP contribution in [0.15, 0.2) is 18.2 Å². The highest BCUT2D eigenvalue weighted by atomic mass is 19.2. The molecule has 7 heteroatoms. The summed E-state index contributed by atoms with van der Waals surface area (Å²) in [5.74, 6) is -4.47. The van der Waals surface area contributed by atoms with E-state index in [9.17, 15) is 18.4 Å². The Morgan fingerprint density at radius 3 is 2.56 bits per heavy atom. The molecule has 98 valence electrons. The molecule has 0 aromatic heterocycles. The smallest absolute Gasteiger partial charge is 0.328 e. The normalized spacial score (nSPS) is 11.9. The number of carboxylic acids is 1. The zero-order valence-corrected chi connectivity index (χ0v) is 9.19. The number of aliphatic hydroxyl groups excluding tert-OH is 1. The van der Waals surface area contributed by atoms with Gasteiger partial charge in [0.25, 0.3) is 0 Å². The Hall–Kier alpha value is -2.02. The number of carboxylic acid groups (broad SMARTS) is 1. The molecule has 1 aromatic rings. The van der Waals surface area contributed by atoms with E-state index in [2.05, 4.69) is 0 Å². The maximum Gasteiger partial charge on any atom is 0.328 e. The van der Waals surface area contributed by atoms with Crippen LogP contribution in [0.3, 0.4) is 0 Å². The Balaban J connectivity index is 2.70. The third kappa shape index (κ3) is 3.49.